The maximum Gasteiger partial charge on any atom is 0.284 e. The summed E-state index contributed by atoms with van der Waals surface area (Å²) in [4.78, 5) is 34.6. The van der Waals surface area contributed by atoms with Gasteiger partial charge >= 0.3 is 0 Å². The molecule has 26 heavy (non-hydrogen) atoms. The number of hydrogen-bond acceptors (Lipinski definition) is 4. The molecule has 7 nitrogen and oxygen atoms in total. The maximum atomic E-state index is 12.1. The van der Waals surface area contributed by atoms with Crippen molar-refractivity contribution >= 4 is 39.1 Å². The number of hydrogen-bond donors (Lipinski definition) is 2. The highest BCUT2D eigenvalue weighted by Crippen LogP contribution is 2.25. The van der Waals surface area contributed by atoms with Crippen molar-refractivity contribution in [2.75, 3.05) is 11.9 Å². The SMILES string of the molecule is Cc1cc(C)c(NC(=O)CNC(=O)c2ccc(Br)c([N+](=O)[O-])c2)c(C)c1. The highest BCUT2D eigenvalue weighted by Gasteiger charge is 2.16. The van der Waals surface area contributed by atoms with E-state index in [2.05, 4.69) is 26.6 Å². The molecule has 0 heterocycles. The lowest BCUT2D eigenvalue weighted by Crippen LogP contribution is -2.33. The van der Waals surface area contributed by atoms with E-state index in [4.69, 9.17) is 0 Å². The van der Waals surface area contributed by atoms with Gasteiger partial charge in [-0.25, -0.2) is 0 Å². The van der Waals surface area contributed by atoms with Crippen LogP contribution >= 0.6 is 15.9 Å². The summed E-state index contributed by atoms with van der Waals surface area (Å²) in [5, 5.41) is 16.2. The molecule has 0 aliphatic rings. The number of aryl methyl sites for hydroxylation is 3. The van der Waals surface area contributed by atoms with Crippen molar-refractivity contribution in [3.05, 3.63) is 67.2 Å². The zero-order chi connectivity index (χ0) is 19.4. The van der Waals surface area contributed by atoms with Crippen molar-refractivity contribution in [1.82, 2.24) is 5.32 Å². The second-order valence-electron chi connectivity index (χ2n) is 5.93. The number of rotatable bonds is 5. The van der Waals surface area contributed by atoms with Crippen LogP contribution in [0.25, 0.3) is 0 Å². The van der Waals surface area contributed by atoms with Gasteiger partial charge in [0.15, 0.2) is 0 Å². The molecule has 0 radical (unpaired) electrons. The Labute approximate surface area is 159 Å². The summed E-state index contributed by atoms with van der Waals surface area (Å²) >= 11 is 3.06. The number of nitro benzene ring substituents is 1. The van der Waals surface area contributed by atoms with Crippen LogP contribution in [0.2, 0.25) is 0 Å². The van der Waals surface area contributed by atoms with Crippen molar-refractivity contribution in [1.29, 1.82) is 0 Å². The molecule has 0 spiro atoms. The minimum absolute atomic E-state index is 0.107. The minimum Gasteiger partial charge on any atom is -0.343 e. The molecular weight excluding hydrogens is 402 g/mol. The zero-order valence-corrected chi connectivity index (χ0v) is 16.1. The van der Waals surface area contributed by atoms with Crippen molar-refractivity contribution in [2.45, 2.75) is 20.8 Å². The zero-order valence-electron chi connectivity index (χ0n) is 14.6. The fraction of sp³-hybridized carbons (Fsp3) is 0.222. The number of anilines is 1. The Morgan fingerprint density at radius 2 is 1.73 bits per heavy atom. The molecule has 136 valence electrons. The monoisotopic (exact) mass is 419 g/mol. The molecule has 0 aromatic heterocycles. The summed E-state index contributed by atoms with van der Waals surface area (Å²) in [6, 6.07) is 7.95. The molecule has 0 saturated carbocycles. The summed E-state index contributed by atoms with van der Waals surface area (Å²) in [6.07, 6.45) is 0. The third-order valence-corrected chi connectivity index (χ3v) is 4.43. The molecule has 0 bridgehead atoms. The Bertz CT molecular complexity index is 873. The molecule has 0 fully saturated rings. The second-order valence-corrected chi connectivity index (χ2v) is 6.78. The first-order valence-electron chi connectivity index (χ1n) is 7.79. The summed E-state index contributed by atoms with van der Waals surface area (Å²) in [7, 11) is 0. The van der Waals surface area contributed by atoms with Crippen LogP contribution < -0.4 is 10.6 Å². The normalized spacial score (nSPS) is 10.3. The second kappa shape index (κ2) is 8.09. The van der Waals surface area contributed by atoms with Crippen LogP contribution in [0.15, 0.2) is 34.8 Å². The van der Waals surface area contributed by atoms with Gasteiger partial charge in [-0.1, -0.05) is 17.7 Å². The van der Waals surface area contributed by atoms with Crippen LogP contribution in [-0.2, 0) is 4.79 Å². The van der Waals surface area contributed by atoms with Gasteiger partial charge in [-0.3, -0.25) is 19.7 Å². The number of benzene rings is 2. The molecule has 2 amide bonds. The predicted molar refractivity (Wildman–Crippen MR) is 102 cm³/mol. The summed E-state index contributed by atoms with van der Waals surface area (Å²) in [5.41, 5.74) is 3.58. The van der Waals surface area contributed by atoms with Gasteiger partial charge in [-0.2, -0.15) is 0 Å². The molecular formula is C18H18BrN3O4. The van der Waals surface area contributed by atoms with Crippen molar-refractivity contribution in [3.63, 3.8) is 0 Å². The van der Waals surface area contributed by atoms with Gasteiger partial charge in [0.25, 0.3) is 11.6 Å². The Balaban J connectivity index is 2.03. The van der Waals surface area contributed by atoms with E-state index in [1.54, 1.807) is 0 Å². The van der Waals surface area contributed by atoms with Crippen molar-refractivity contribution < 1.29 is 14.5 Å². The van der Waals surface area contributed by atoms with Gasteiger partial charge in [0.2, 0.25) is 5.91 Å². The highest BCUT2D eigenvalue weighted by atomic mass is 79.9. The lowest BCUT2D eigenvalue weighted by molar-refractivity contribution is -0.385. The van der Waals surface area contributed by atoms with Crippen LogP contribution in [0.3, 0.4) is 0 Å². The quantitative estimate of drug-likeness (QED) is 0.570. The Kier molecular flexibility index (Phi) is 6.10. The fourth-order valence-corrected chi connectivity index (χ4v) is 3.01. The van der Waals surface area contributed by atoms with Crippen molar-refractivity contribution in [3.8, 4) is 0 Å². The van der Waals surface area contributed by atoms with Crippen LogP contribution in [0.5, 0.6) is 0 Å². The molecule has 2 N–H and O–H groups in total. The summed E-state index contributed by atoms with van der Waals surface area (Å²) < 4.78 is 0.280. The maximum absolute atomic E-state index is 12.1. The third kappa shape index (κ3) is 4.66. The first-order chi connectivity index (χ1) is 12.2. The van der Waals surface area contributed by atoms with Crippen LogP contribution in [0.4, 0.5) is 11.4 Å². The number of carbonyl (C=O) groups excluding carboxylic acids is 2. The van der Waals surface area contributed by atoms with E-state index in [9.17, 15) is 19.7 Å². The van der Waals surface area contributed by atoms with E-state index < -0.39 is 10.8 Å². The van der Waals surface area contributed by atoms with Crippen LogP contribution in [0, 0.1) is 30.9 Å². The lowest BCUT2D eigenvalue weighted by atomic mass is 10.1. The van der Waals surface area contributed by atoms with E-state index in [1.807, 2.05) is 32.9 Å². The van der Waals surface area contributed by atoms with Gasteiger partial charge in [0.1, 0.15) is 0 Å². The summed E-state index contributed by atoms with van der Waals surface area (Å²) in [5.74, 6) is -0.937. The van der Waals surface area contributed by atoms with E-state index in [0.717, 1.165) is 22.8 Å². The minimum atomic E-state index is -0.587. The Morgan fingerprint density at radius 3 is 2.31 bits per heavy atom. The lowest BCUT2D eigenvalue weighted by Gasteiger charge is -2.13. The number of nitrogens with zero attached hydrogens (tertiary/aromatic N) is 1. The van der Waals surface area contributed by atoms with Gasteiger partial charge in [0.05, 0.1) is 15.9 Å². The van der Waals surface area contributed by atoms with E-state index in [0.29, 0.717) is 5.69 Å². The first kappa shape index (κ1) is 19.6. The predicted octanol–water partition coefficient (Wildman–Crippen LogP) is 3.65. The number of halogens is 1. The van der Waals surface area contributed by atoms with E-state index in [1.165, 1.54) is 12.1 Å². The number of nitro groups is 1. The molecule has 0 aliphatic carbocycles. The average molecular weight is 420 g/mol. The number of carbonyl (C=O) groups is 2. The standard InChI is InChI=1S/C18H18BrN3O4/c1-10-6-11(2)17(12(3)7-10)21-16(23)9-20-18(24)13-4-5-14(19)15(8-13)22(25)26/h4-8H,9H2,1-3H3,(H,20,24)(H,21,23). The smallest absolute Gasteiger partial charge is 0.284 e. The van der Waals surface area contributed by atoms with Crippen molar-refractivity contribution in [2.24, 2.45) is 0 Å². The molecule has 2 rings (SSSR count). The largest absolute Gasteiger partial charge is 0.343 e. The average Bonchev–Trinajstić information content (AvgIpc) is 2.56. The molecule has 2 aromatic carbocycles. The molecule has 0 unspecified atom stereocenters. The topological polar surface area (TPSA) is 101 Å². The van der Waals surface area contributed by atoms with Crippen LogP contribution in [0.1, 0.15) is 27.0 Å². The number of amides is 2. The molecule has 8 heteroatoms. The molecule has 0 atom stereocenters. The third-order valence-electron chi connectivity index (χ3n) is 3.76. The van der Waals surface area contributed by atoms with E-state index in [-0.39, 0.29) is 28.2 Å². The van der Waals surface area contributed by atoms with Gasteiger partial charge < -0.3 is 10.6 Å². The molecule has 0 aliphatic heterocycles. The first-order valence-corrected chi connectivity index (χ1v) is 8.58. The van der Waals surface area contributed by atoms with Gasteiger partial charge in [0, 0.05) is 17.3 Å². The molecule has 0 saturated heterocycles. The number of nitrogens with one attached hydrogen (secondary N) is 2. The van der Waals surface area contributed by atoms with Crippen LogP contribution in [-0.4, -0.2) is 23.3 Å². The fourth-order valence-electron chi connectivity index (χ4n) is 2.62. The van der Waals surface area contributed by atoms with Gasteiger partial charge in [-0.05, 0) is 60.0 Å². The summed E-state index contributed by atoms with van der Waals surface area (Å²) in [6.45, 7) is 5.53. The molecule has 2 aromatic rings. The van der Waals surface area contributed by atoms with E-state index >= 15 is 0 Å². The van der Waals surface area contributed by atoms with Gasteiger partial charge in [-0.15, -0.1) is 0 Å². The Hall–Kier alpha value is -2.74. The highest BCUT2D eigenvalue weighted by molar-refractivity contribution is 9.10. The Morgan fingerprint density at radius 1 is 1.12 bits per heavy atom.